The molecule has 1 aliphatic heterocycles. The number of aromatic carboxylic acids is 1. The molecule has 4 aromatic rings. The van der Waals surface area contributed by atoms with Gasteiger partial charge in [-0.1, -0.05) is 19.9 Å². The van der Waals surface area contributed by atoms with E-state index >= 15 is 0 Å². The molecule has 1 amide bonds. The Morgan fingerprint density at radius 1 is 1.00 bits per heavy atom. The lowest BCUT2D eigenvalue weighted by molar-refractivity contribution is -0.118. The van der Waals surface area contributed by atoms with Crippen molar-refractivity contribution in [1.82, 2.24) is 14.9 Å². The Morgan fingerprint density at radius 2 is 1.71 bits per heavy atom. The summed E-state index contributed by atoms with van der Waals surface area (Å²) in [5.41, 5.74) is 7.71. The van der Waals surface area contributed by atoms with Gasteiger partial charge in [-0.2, -0.15) is 0 Å². The van der Waals surface area contributed by atoms with Crippen LogP contribution in [0.4, 0.5) is 11.4 Å². The van der Waals surface area contributed by atoms with Gasteiger partial charge in [0, 0.05) is 40.6 Å². The molecule has 0 spiro atoms. The first-order valence-corrected chi connectivity index (χ1v) is 13.9. The molecule has 41 heavy (non-hydrogen) atoms. The first-order valence-electron chi connectivity index (χ1n) is 13.5. The third kappa shape index (κ3) is 5.32. The number of nitrogens with one attached hydrogen (secondary N) is 2. The van der Waals surface area contributed by atoms with E-state index in [1.54, 1.807) is 18.3 Å². The van der Waals surface area contributed by atoms with E-state index in [2.05, 4.69) is 38.1 Å². The van der Waals surface area contributed by atoms with E-state index in [4.69, 9.17) is 12.2 Å². The van der Waals surface area contributed by atoms with Crippen molar-refractivity contribution in [2.75, 3.05) is 10.2 Å². The molecular weight excluding hydrogens is 534 g/mol. The number of hydrogen-bond acceptors (Lipinski definition) is 4. The number of hydrogen-bond donors (Lipinski definition) is 3. The number of rotatable bonds is 7. The maximum atomic E-state index is 12.3. The lowest BCUT2D eigenvalue weighted by atomic mass is 9.96. The first kappa shape index (κ1) is 28.0. The fourth-order valence-electron chi connectivity index (χ4n) is 5.40. The van der Waals surface area contributed by atoms with Crippen LogP contribution in [0, 0.1) is 26.7 Å². The van der Waals surface area contributed by atoms with Crippen molar-refractivity contribution in [3.8, 4) is 5.69 Å². The highest BCUT2D eigenvalue weighted by atomic mass is 32.1. The average molecular weight is 568 g/mol. The number of aromatic nitrogens is 2. The Hall–Kier alpha value is -4.50. The van der Waals surface area contributed by atoms with Gasteiger partial charge in [0.05, 0.1) is 23.3 Å². The van der Waals surface area contributed by atoms with E-state index in [0.717, 1.165) is 45.3 Å². The van der Waals surface area contributed by atoms with E-state index in [1.807, 2.05) is 76.2 Å². The molecule has 1 saturated heterocycles. The molecule has 3 heterocycles. The summed E-state index contributed by atoms with van der Waals surface area (Å²) in [6, 6.07) is 20.4. The van der Waals surface area contributed by atoms with Crippen molar-refractivity contribution >= 4 is 40.6 Å². The fraction of sp³-hybridized carbons (Fsp3) is 0.250. The highest BCUT2D eigenvalue weighted by Gasteiger charge is 2.42. The number of anilines is 2. The normalized spacial score (nSPS) is 16.6. The van der Waals surface area contributed by atoms with E-state index in [9.17, 15) is 14.7 Å². The van der Waals surface area contributed by atoms with Gasteiger partial charge >= 0.3 is 5.97 Å². The second-order valence-electron chi connectivity index (χ2n) is 10.7. The quantitative estimate of drug-likeness (QED) is 0.227. The van der Waals surface area contributed by atoms with Crippen LogP contribution >= 0.6 is 12.2 Å². The molecule has 0 radical (unpaired) electrons. The third-order valence-electron chi connectivity index (χ3n) is 7.53. The van der Waals surface area contributed by atoms with Gasteiger partial charge in [0.25, 0.3) is 0 Å². The first-order chi connectivity index (χ1) is 19.6. The minimum absolute atomic E-state index is 0.0314. The molecule has 2 aromatic heterocycles. The molecule has 0 bridgehead atoms. The predicted octanol–water partition coefficient (Wildman–Crippen LogP) is 6.27. The highest BCUT2D eigenvalue weighted by Crippen LogP contribution is 2.44. The summed E-state index contributed by atoms with van der Waals surface area (Å²) in [6.45, 7) is 9.82. The van der Waals surface area contributed by atoms with Crippen molar-refractivity contribution in [2.45, 2.75) is 46.7 Å². The molecule has 1 aliphatic rings. The molecule has 2 aromatic carbocycles. The molecule has 5 rings (SSSR count). The zero-order chi connectivity index (χ0) is 29.4. The van der Waals surface area contributed by atoms with E-state index in [1.165, 1.54) is 0 Å². The number of carboxylic acid groups (broad SMARTS) is 1. The Morgan fingerprint density at radius 3 is 2.32 bits per heavy atom. The van der Waals surface area contributed by atoms with E-state index < -0.39 is 5.97 Å². The van der Waals surface area contributed by atoms with Crippen LogP contribution in [-0.4, -0.2) is 31.6 Å². The van der Waals surface area contributed by atoms with Crippen LogP contribution in [0.2, 0.25) is 0 Å². The molecule has 9 heteroatoms. The van der Waals surface area contributed by atoms with E-state index in [0.29, 0.717) is 5.11 Å². The second-order valence-corrected chi connectivity index (χ2v) is 11.0. The Labute approximate surface area is 245 Å². The minimum atomic E-state index is -0.956. The number of thiocarbonyl (C=S) groups is 1. The molecule has 1 fully saturated rings. The average Bonchev–Trinajstić information content (AvgIpc) is 3.44. The number of carbonyl (C=O) groups is 2. The predicted molar refractivity (Wildman–Crippen MR) is 165 cm³/mol. The highest BCUT2D eigenvalue weighted by molar-refractivity contribution is 7.80. The Kier molecular flexibility index (Phi) is 7.64. The van der Waals surface area contributed by atoms with Crippen LogP contribution in [0.3, 0.4) is 0 Å². The van der Waals surface area contributed by atoms with Crippen LogP contribution < -0.4 is 15.5 Å². The number of aryl methyl sites for hydroxylation is 2. The Bertz CT molecular complexity index is 1630. The van der Waals surface area contributed by atoms with Crippen LogP contribution in [0.1, 0.15) is 64.5 Å². The molecule has 0 aliphatic carbocycles. The molecule has 0 saturated carbocycles. The third-order valence-corrected chi connectivity index (χ3v) is 7.84. The summed E-state index contributed by atoms with van der Waals surface area (Å²) in [6.07, 6.45) is 1.78. The lowest BCUT2D eigenvalue weighted by Gasteiger charge is -2.29. The van der Waals surface area contributed by atoms with E-state index in [-0.39, 0.29) is 29.5 Å². The summed E-state index contributed by atoms with van der Waals surface area (Å²) in [5, 5.41) is 16.5. The monoisotopic (exact) mass is 567 g/mol. The number of benzene rings is 2. The molecule has 2 atom stereocenters. The van der Waals surface area contributed by atoms with Crippen molar-refractivity contribution in [3.05, 3.63) is 107 Å². The van der Waals surface area contributed by atoms with Gasteiger partial charge in [0.1, 0.15) is 0 Å². The van der Waals surface area contributed by atoms with Crippen LogP contribution in [0.5, 0.6) is 0 Å². The summed E-state index contributed by atoms with van der Waals surface area (Å²) < 4.78 is 2.13. The zero-order valence-corrected chi connectivity index (χ0v) is 24.5. The topological polar surface area (TPSA) is 99.5 Å². The van der Waals surface area contributed by atoms with Crippen LogP contribution in [-0.2, 0) is 4.79 Å². The van der Waals surface area contributed by atoms with Crippen molar-refractivity contribution in [1.29, 1.82) is 0 Å². The summed E-state index contributed by atoms with van der Waals surface area (Å²) in [7, 11) is 0. The maximum absolute atomic E-state index is 12.3. The number of pyridine rings is 1. The molecular formula is C32H33N5O3S. The van der Waals surface area contributed by atoms with Crippen LogP contribution in [0.15, 0.2) is 72.9 Å². The van der Waals surface area contributed by atoms with Gasteiger partial charge in [-0.3, -0.25) is 9.78 Å². The lowest BCUT2D eigenvalue weighted by Crippen LogP contribution is -2.29. The smallest absolute Gasteiger partial charge is 0.335 e. The van der Waals surface area contributed by atoms with Crippen molar-refractivity contribution < 1.29 is 14.7 Å². The maximum Gasteiger partial charge on any atom is 0.335 e. The van der Waals surface area contributed by atoms with Gasteiger partial charge in [-0.05, 0) is 105 Å². The molecule has 8 nitrogen and oxygen atoms in total. The molecule has 0 unspecified atom stereocenters. The Balaban J connectivity index is 1.60. The largest absolute Gasteiger partial charge is 0.478 e. The minimum Gasteiger partial charge on any atom is -0.478 e. The van der Waals surface area contributed by atoms with Gasteiger partial charge in [0.2, 0.25) is 5.91 Å². The summed E-state index contributed by atoms with van der Waals surface area (Å²) in [5.74, 6) is -1.11. The molecule has 210 valence electrons. The van der Waals surface area contributed by atoms with Gasteiger partial charge in [0.15, 0.2) is 5.11 Å². The number of amides is 1. The number of nitrogens with zero attached hydrogens (tertiary/aromatic N) is 3. The standard InChI is InChI=1S/C32H33N5O3S/c1-18(2)30(38)34-26-14-13-24(16-19(26)3)37-29(28(35-32(37)41)27-8-6-7-15-33-27)25-17-20(4)36(21(25)5)23-11-9-22(10-12-23)31(39)40/h6-18,28-29H,1-5H3,(H,34,38)(H,35,41)(H,39,40)/t28-,29-/m1/s1. The SMILES string of the molecule is Cc1cc(N2C(=S)N[C@H](c3ccccn3)[C@H]2c2cc(C)n(-c3ccc(C(=O)O)cc3)c2C)ccc1NC(=O)C(C)C. The number of carboxylic acids is 1. The van der Waals surface area contributed by atoms with Gasteiger partial charge in [-0.25, -0.2) is 4.79 Å². The van der Waals surface area contributed by atoms with Gasteiger partial charge in [-0.15, -0.1) is 0 Å². The zero-order valence-electron chi connectivity index (χ0n) is 23.7. The summed E-state index contributed by atoms with van der Waals surface area (Å²) >= 11 is 5.93. The number of carbonyl (C=O) groups excluding carboxylic acids is 1. The van der Waals surface area contributed by atoms with Crippen molar-refractivity contribution in [3.63, 3.8) is 0 Å². The van der Waals surface area contributed by atoms with Gasteiger partial charge < -0.3 is 25.2 Å². The fourth-order valence-corrected chi connectivity index (χ4v) is 5.75. The van der Waals surface area contributed by atoms with Crippen molar-refractivity contribution in [2.24, 2.45) is 5.92 Å². The second kappa shape index (κ2) is 11.2. The molecule has 3 N–H and O–H groups in total. The van der Waals surface area contributed by atoms with Crippen LogP contribution in [0.25, 0.3) is 5.69 Å². The summed E-state index contributed by atoms with van der Waals surface area (Å²) in [4.78, 5) is 30.5.